The van der Waals surface area contributed by atoms with Gasteiger partial charge in [0, 0.05) is 54.4 Å². The minimum Gasteiger partial charge on any atom is -0.470 e. The molecule has 3 aliphatic rings. The zero-order valence-electron chi connectivity index (χ0n) is 27.6. The lowest BCUT2D eigenvalue weighted by molar-refractivity contribution is -0.148. The number of nitrogens with zero attached hydrogens (tertiary/aromatic N) is 6. The molecule has 13 heteroatoms. The number of hydrogen-bond donors (Lipinski definition) is 1. The number of benzene rings is 2. The Balaban J connectivity index is 1.13. The van der Waals surface area contributed by atoms with Crippen molar-refractivity contribution in [2.75, 3.05) is 48.4 Å². The third-order valence-electron chi connectivity index (χ3n) is 9.34. The summed E-state index contributed by atoms with van der Waals surface area (Å²) in [7, 11) is 0. The fraction of sp³-hybridized carbons (Fsp3) is 0.457. The van der Waals surface area contributed by atoms with E-state index in [1.807, 2.05) is 73.5 Å². The average Bonchev–Trinajstić information content (AvgIpc) is 3.68. The highest BCUT2D eigenvalue weighted by Crippen LogP contribution is 2.45. The molecule has 0 radical (unpaired) electrons. The number of aromatic nitrogens is 2. The summed E-state index contributed by atoms with van der Waals surface area (Å²) < 4.78 is 18.4. The van der Waals surface area contributed by atoms with Crippen LogP contribution < -0.4 is 20.4 Å². The van der Waals surface area contributed by atoms with Crippen molar-refractivity contribution in [3.05, 3.63) is 70.2 Å². The molecule has 1 amide bonds. The van der Waals surface area contributed by atoms with Crippen LogP contribution in [0.3, 0.4) is 0 Å². The Morgan fingerprint density at radius 1 is 1.06 bits per heavy atom. The topological polar surface area (TPSA) is 136 Å². The Morgan fingerprint density at radius 2 is 1.83 bits per heavy atom. The van der Waals surface area contributed by atoms with Gasteiger partial charge >= 0.3 is 12.1 Å². The molecule has 12 nitrogen and oxygen atoms in total. The number of amides is 1. The molecule has 2 saturated heterocycles. The number of nitrogens with two attached hydrogens (primary N) is 1. The van der Waals surface area contributed by atoms with Crippen LogP contribution in [-0.4, -0.2) is 71.5 Å². The fourth-order valence-electron chi connectivity index (χ4n) is 6.80. The molecular formula is C35H42BrN7O5. The lowest BCUT2D eigenvalue weighted by atomic mass is 9.76. The van der Waals surface area contributed by atoms with Gasteiger partial charge in [-0.15, -0.1) is 0 Å². The maximum atomic E-state index is 13.3. The summed E-state index contributed by atoms with van der Waals surface area (Å²) in [6, 6.07) is 16.7. The molecule has 6 rings (SSSR count). The number of ether oxygens (including phenoxy) is 3. The molecule has 2 aromatic carbocycles. The van der Waals surface area contributed by atoms with Crippen LogP contribution in [0.15, 0.2) is 64.2 Å². The highest BCUT2D eigenvalue weighted by molar-refractivity contribution is 9.10. The first-order valence-corrected chi connectivity index (χ1v) is 17.2. The van der Waals surface area contributed by atoms with Gasteiger partial charge in [0.05, 0.1) is 12.3 Å². The van der Waals surface area contributed by atoms with E-state index in [2.05, 4.69) is 35.9 Å². The lowest BCUT2D eigenvalue weighted by Crippen LogP contribution is -2.43. The summed E-state index contributed by atoms with van der Waals surface area (Å²) >= 11 is 3.60. The number of carbonyl (C=O) groups excluding carboxylic acids is 2. The number of hydrogen-bond acceptors (Lipinski definition) is 11. The van der Waals surface area contributed by atoms with Gasteiger partial charge < -0.3 is 24.8 Å². The van der Waals surface area contributed by atoms with Crippen molar-refractivity contribution in [1.82, 2.24) is 14.9 Å². The number of halogens is 1. The van der Waals surface area contributed by atoms with E-state index in [4.69, 9.17) is 19.9 Å². The SMILES string of the molecule is CCOC(=O)[C@@H]1CC2(CCN(c3cc(O[C@@H](C)c4cc(Br)ccc4N4CCC(C)=N4)nc(N)n3)CC2)CN1C(=O)OCc1ccccc1. The minimum absolute atomic E-state index is 0.125. The van der Waals surface area contributed by atoms with Crippen LogP contribution in [0.1, 0.15) is 63.7 Å². The molecule has 1 aromatic heterocycles. The van der Waals surface area contributed by atoms with Crippen LogP contribution in [0.4, 0.5) is 22.2 Å². The number of rotatable bonds is 9. The van der Waals surface area contributed by atoms with Gasteiger partial charge in [0.2, 0.25) is 11.8 Å². The van der Waals surface area contributed by atoms with Crippen LogP contribution in [-0.2, 0) is 20.9 Å². The normalized spacial score (nSPS) is 19.3. The van der Waals surface area contributed by atoms with E-state index < -0.39 is 18.1 Å². The number of esters is 1. The van der Waals surface area contributed by atoms with E-state index in [0.717, 1.165) is 52.8 Å². The van der Waals surface area contributed by atoms with Crippen molar-refractivity contribution >= 4 is 51.2 Å². The van der Waals surface area contributed by atoms with E-state index in [-0.39, 0.29) is 30.7 Å². The Labute approximate surface area is 289 Å². The van der Waals surface area contributed by atoms with Crippen molar-refractivity contribution in [2.24, 2.45) is 10.5 Å². The van der Waals surface area contributed by atoms with Gasteiger partial charge in [-0.2, -0.15) is 15.1 Å². The second-order valence-electron chi connectivity index (χ2n) is 12.7. The van der Waals surface area contributed by atoms with E-state index in [0.29, 0.717) is 37.8 Å². The molecule has 0 aliphatic carbocycles. The monoisotopic (exact) mass is 719 g/mol. The third kappa shape index (κ3) is 7.51. The Bertz CT molecular complexity index is 1660. The zero-order valence-corrected chi connectivity index (χ0v) is 29.2. The lowest BCUT2D eigenvalue weighted by Gasteiger charge is -2.39. The number of likely N-dealkylation sites (tertiary alicyclic amines) is 1. The van der Waals surface area contributed by atoms with Crippen molar-refractivity contribution < 1.29 is 23.8 Å². The van der Waals surface area contributed by atoms with Gasteiger partial charge in [-0.05, 0) is 69.2 Å². The minimum atomic E-state index is -0.686. The summed E-state index contributed by atoms with van der Waals surface area (Å²) in [5.74, 6) is 0.786. The second-order valence-corrected chi connectivity index (χ2v) is 13.6. The predicted octanol–water partition coefficient (Wildman–Crippen LogP) is 6.11. The molecule has 2 N–H and O–H groups in total. The number of anilines is 3. The first-order valence-electron chi connectivity index (χ1n) is 16.4. The highest BCUT2D eigenvalue weighted by Gasteiger charge is 2.51. The smallest absolute Gasteiger partial charge is 0.410 e. The number of hydrazone groups is 1. The molecule has 3 aliphatic heterocycles. The molecule has 0 saturated carbocycles. The van der Waals surface area contributed by atoms with Crippen LogP contribution in [0, 0.1) is 5.41 Å². The van der Waals surface area contributed by atoms with E-state index >= 15 is 0 Å². The summed E-state index contributed by atoms with van der Waals surface area (Å²) in [6.07, 6.45) is 2.10. The molecule has 4 heterocycles. The molecule has 0 bridgehead atoms. The summed E-state index contributed by atoms with van der Waals surface area (Å²) in [4.78, 5) is 38.9. The van der Waals surface area contributed by atoms with Gasteiger partial charge in [-0.3, -0.25) is 9.91 Å². The summed E-state index contributed by atoms with van der Waals surface area (Å²) in [5.41, 5.74) is 9.89. The first kappa shape index (κ1) is 33.5. The standard InChI is InChI=1S/C35H42BrN7O5/c1-4-46-32(44)29-20-35(22-42(29)34(45)47-21-25-8-6-5-7-9-25)13-16-41(17-14-35)30-19-31(39-33(37)38-30)48-24(3)27-18-26(36)10-11-28(27)43-15-12-23(2)40-43/h5-11,18-19,24,29H,4,12-17,20-22H2,1-3H3,(H2,37,38,39)/t24-,29-/m0/s1. The van der Waals surface area contributed by atoms with Crippen molar-refractivity contribution in [3.8, 4) is 5.88 Å². The number of piperidine rings is 1. The Kier molecular flexibility index (Phi) is 10.0. The largest absolute Gasteiger partial charge is 0.470 e. The van der Waals surface area contributed by atoms with Crippen LogP contribution >= 0.6 is 15.9 Å². The Hall–Kier alpha value is -4.39. The fourth-order valence-corrected chi connectivity index (χ4v) is 7.18. The highest BCUT2D eigenvalue weighted by atomic mass is 79.9. The first-order chi connectivity index (χ1) is 23.1. The number of nitrogen functional groups attached to an aromatic ring is 1. The number of carbonyl (C=O) groups is 2. The zero-order chi connectivity index (χ0) is 33.8. The molecular weight excluding hydrogens is 678 g/mol. The Morgan fingerprint density at radius 3 is 2.54 bits per heavy atom. The van der Waals surface area contributed by atoms with Gasteiger partial charge in [-0.25, -0.2) is 9.59 Å². The molecule has 2 fully saturated rings. The van der Waals surface area contributed by atoms with Crippen LogP contribution in [0.5, 0.6) is 5.88 Å². The van der Waals surface area contributed by atoms with Crippen molar-refractivity contribution in [3.63, 3.8) is 0 Å². The van der Waals surface area contributed by atoms with Crippen LogP contribution in [0.25, 0.3) is 0 Å². The van der Waals surface area contributed by atoms with Crippen molar-refractivity contribution in [2.45, 2.75) is 65.2 Å². The van der Waals surface area contributed by atoms with E-state index in [1.54, 1.807) is 11.8 Å². The molecule has 1 spiro atoms. The summed E-state index contributed by atoms with van der Waals surface area (Å²) in [6.45, 7) is 8.74. The molecule has 254 valence electrons. The van der Waals surface area contributed by atoms with Crippen molar-refractivity contribution in [1.29, 1.82) is 0 Å². The van der Waals surface area contributed by atoms with Gasteiger partial charge in [0.1, 0.15) is 24.6 Å². The quantitative estimate of drug-likeness (QED) is 0.258. The molecule has 48 heavy (non-hydrogen) atoms. The molecule has 3 aromatic rings. The predicted molar refractivity (Wildman–Crippen MR) is 187 cm³/mol. The summed E-state index contributed by atoms with van der Waals surface area (Å²) in [5, 5.41) is 6.70. The van der Waals surface area contributed by atoms with E-state index in [9.17, 15) is 9.59 Å². The van der Waals surface area contributed by atoms with E-state index in [1.165, 1.54) is 0 Å². The molecule has 0 unspecified atom stereocenters. The van der Waals surface area contributed by atoms with Gasteiger partial charge in [0.25, 0.3) is 0 Å². The average molecular weight is 721 g/mol. The van der Waals surface area contributed by atoms with Crippen LogP contribution in [0.2, 0.25) is 0 Å². The maximum Gasteiger partial charge on any atom is 0.410 e. The molecule has 2 atom stereocenters. The third-order valence-corrected chi connectivity index (χ3v) is 9.83. The van der Waals surface area contributed by atoms with Gasteiger partial charge in [-0.1, -0.05) is 46.3 Å². The maximum absolute atomic E-state index is 13.3. The van der Waals surface area contributed by atoms with Gasteiger partial charge in [0.15, 0.2) is 0 Å². The second kappa shape index (κ2) is 14.4.